The Kier molecular flexibility index (Phi) is 5.37. The molecule has 1 heterocycles. The molecule has 2 N–H and O–H groups in total. The summed E-state index contributed by atoms with van der Waals surface area (Å²) in [5.74, 6) is -2.09. The average molecular weight is 369 g/mol. The molecule has 1 fully saturated rings. The number of likely N-dealkylation sites (tertiary alicyclic amines) is 1. The number of aliphatic hydroxyl groups excluding tert-OH is 1. The normalized spacial score (nSPS) is 19.1. The monoisotopic (exact) mass is 369 g/mol. The maximum atomic E-state index is 13.2. The second kappa shape index (κ2) is 7.72. The molecule has 1 atom stereocenters. The Balaban J connectivity index is 2.12. The predicted molar refractivity (Wildman–Crippen MR) is 99.5 cm³/mol. The van der Waals surface area contributed by atoms with Crippen LogP contribution in [0.5, 0.6) is 0 Å². The molecule has 5 nitrogen and oxygen atoms in total. The number of hydrogen-bond donors (Lipinski definition) is 2. The van der Waals surface area contributed by atoms with Crippen molar-refractivity contribution in [3.63, 3.8) is 0 Å². The van der Waals surface area contributed by atoms with Gasteiger partial charge in [0.05, 0.1) is 38.8 Å². The number of aliphatic hydroxyl groups is 1. The average Bonchev–Trinajstić information content (AvgIpc) is 2.91. The van der Waals surface area contributed by atoms with Crippen LogP contribution in [0.1, 0.15) is 17.2 Å². The molecular weight excluding hydrogens is 347 g/mol. The van der Waals surface area contributed by atoms with Gasteiger partial charge >= 0.3 is 0 Å². The summed E-state index contributed by atoms with van der Waals surface area (Å²) in [6.07, 6.45) is 0. The molecule has 1 amide bonds. The van der Waals surface area contributed by atoms with Gasteiger partial charge in [-0.2, -0.15) is 0 Å². The summed E-state index contributed by atoms with van der Waals surface area (Å²) in [6, 6.07) is 13.7. The molecule has 0 saturated carbocycles. The zero-order valence-electron chi connectivity index (χ0n) is 15.3. The topological polar surface area (TPSA) is 62.0 Å². The number of hydrogen-bond acceptors (Lipinski definition) is 3. The van der Waals surface area contributed by atoms with Crippen LogP contribution in [0.2, 0.25) is 0 Å². The number of halogens is 1. The van der Waals surface area contributed by atoms with E-state index in [0.717, 1.165) is 10.5 Å². The van der Waals surface area contributed by atoms with Gasteiger partial charge < -0.3 is 14.9 Å². The molecule has 3 rings (SSSR count). The van der Waals surface area contributed by atoms with Gasteiger partial charge in [0.2, 0.25) is 0 Å². The Morgan fingerprint density at radius 2 is 1.70 bits per heavy atom. The first-order valence-electron chi connectivity index (χ1n) is 8.78. The van der Waals surface area contributed by atoms with E-state index in [1.54, 1.807) is 0 Å². The van der Waals surface area contributed by atoms with Crippen molar-refractivity contribution in [3.05, 3.63) is 77.1 Å². The number of carbonyl (C=O) groups is 2. The molecule has 0 spiro atoms. The van der Waals surface area contributed by atoms with E-state index in [4.69, 9.17) is 0 Å². The number of ketones is 1. The molecular formula is C21H22FN2O3+. The zero-order valence-corrected chi connectivity index (χ0v) is 15.3. The van der Waals surface area contributed by atoms with Crippen molar-refractivity contribution < 1.29 is 24.0 Å². The highest BCUT2D eigenvalue weighted by Gasteiger charge is 2.46. The Morgan fingerprint density at radius 1 is 1.07 bits per heavy atom. The summed E-state index contributed by atoms with van der Waals surface area (Å²) in [4.78, 5) is 28.0. The maximum absolute atomic E-state index is 13.2. The van der Waals surface area contributed by atoms with E-state index in [1.807, 2.05) is 44.4 Å². The van der Waals surface area contributed by atoms with Crippen molar-refractivity contribution >= 4 is 17.4 Å². The molecule has 0 aromatic heterocycles. The van der Waals surface area contributed by atoms with Crippen molar-refractivity contribution in [2.45, 2.75) is 6.04 Å². The summed E-state index contributed by atoms with van der Waals surface area (Å²) in [5, 5.41) is 10.8. The summed E-state index contributed by atoms with van der Waals surface area (Å²) in [7, 11) is 3.93. The van der Waals surface area contributed by atoms with Gasteiger partial charge in [0.1, 0.15) is 11.6 Å². The molecule has 0 aliphatic carbocycles. The van der Waals surface area contributed by atoms with Gasteiger partial charge in [-0.3, -0.25) is 9.59 Å². The van der Waals surface area contributed by atoms with E-state index >= 15 is 0 Å². The van der Waals surface area contributed by atoms with E-state index < -0.39 is 23.5 Å². The Hall–Kier alpha value is -2.99. The fraction of sp³-hybridized carbons (Fsp3) is 0.238. The van der Waals surface area contributed by atoms with Gasteiger partial charge in [-0.15, -0.1) is 0 Å². The fourth-order valence-electron chi connectivity index (χ4n) is 3.20. The Morgan fingerprint density at radius 3 is 2.30 bits per heavy atom. The SMILES string of the molecule is C[NH+](C)CCN1C(=O)C(=O)C(=C(O)c2ccc(F)cc2)C1c1ccccc1. The first-order chi connectivity index (χ1) is 12.9. The van der Waals surface area contributed by atoms with Crippen LogP contribution in [0.3, 0.4) is 0 Å². The van der Waals surface area contributed by atoms with Crippen molar-refractivity contribution in [2.24, 2.45) is 0 Å². The standard InChI is InChI=1S/C21H21FN2O3/c1-23(2)12-13-24-18(14-6-4-3-5-7-14)17(20(26)21(24)27)19(25)15-8-10-16(22)11-9-15/h3-11,18,25H,12-13H2,1-2H3/p+1. The van der Waals surface area contributed by atoms with Gasteiger partial charge in [-0.25, -0.2) is 4.39 Å². The van der Waals surface area contributed by atoms with Crippen molar-refractivity contribution in [1.82, 2.24) is 4.90 Å². The lowest BCUT2D eigenvalue weighted by Gasteiger charge is -2.25. The highest BCUT2D eigenvalue weighted by atomic mass is 19.1. The van der Waals surface area contributed by atoms with E-state index in [0.29, 0.717) is 18.7 Å². The van der Waals surface area contributed by atoms with Gasteiger partial charge in [-0.1, -0.05) is 30.3 Å². The number of benzene rings is 2. The van der Waals surface area contributed by atoms with Crippen molar-refractivity contribution in [1.29, 1.82) is 0 Å². The fourth-order valence-corrected chi connectivity index (χ4v) is 3.20. The third-order valence-electron chi connectivity index (χ3n) is 4.63. The highest BCUT2D eigenvalue weighted by molar-refractivity contribution is 6.46. The number of carbonyl (C=O) groups excluding carboxylic acids is 2. The molecule has 1 aliphatic rings. The third kappa shape index (κ3) is 3.75. The summed E-state index contributed by atoms with van der Waals surface area (Å²) in [6.45, 7) is 1.04. The first kappa shape index (κ1) is 18.8. The molecule has 2 aromatic rings. The number of rotatable bonds is 5. The molecule has 0 bridgehead atoms. The lowest BCUT2D eigenvalue weighted by atomic mass is 9.95. The largest absolute Gasteiger partial charge is 0.507 e. The maximum Gasteiger partial charge on any atom is 0.295 e. The lowest BCUT2D eigenvalue weighted by Crippen LogP contribution is -3.06. The van der Waals surface area contributed by atoms with Gasteiger partial charge in [0.15, 0.2) is 0 Å². The van der Waals surface area contributed by atoms with Gasteiger partial charge in [0, 0.05) is 5.56 Å². The van der Waals surface area contributed by atoms with Crippen LogP contribution >= 0.6 is 0 Å². The van der Waals surface area contributed by atoms with E-state index in [1.165, 1.54) is 29.2 Å². The minimum atomic E-state index is -0.723. The quantitative estimate of drug-likeness (QED) is 0.476. The van der Waals surface area contributed by atoms with Crippen LogP contribution in [0.4, 0.5) is 4.39 Å². The molecule has 1 saturated heterocycles. The summed E-state index contributed by atoms with van der Waals surface area (Å²) < 4.78 is 13.2. The highest BCUT2D eigenvalue weighted by Crippen LogP contribution is 2.38. The van der Waals surface area contributed by atoms with Crippen LogP contribution in [-0.2, 0) is 9.59 Å². The second-order valence-corrected chi connectivity index (χ2v) is 6.87. The number of nitrogens with one attached hydrogen (secondary N) is 1. The molecule has 0 radical (unpaired) electrons. The predicted octanol–water partition coefficient (Wildman–Crippen LogP) is 1.39. The Bertz CT molecular complexity index is 876. The third-order valence-corrected chi connectivity index (χ3v) is 4.63. The number of quaternary nitrogens is 1. The molecule has 1 unspecified atom stereocenters. The van der Waals surface area contributed by atoms with Crippen LogP contribution < -0.4 is 4.90 Å². The second-order valence-electron chi connectivity index (χ2n) is 6.87. The van der Waals surface area contributed by atoms with E-state index in [9.17, 15) is 19.1 Å². The number of likely N-dealkylation sites (N-methyl/N-ethyl adjacent to an activating group) is 1. The van der Waals surface area contributed by atoms with Crippen LogP contribution in [0.15, 0.2) is 60.2 Å². The first-order valence-corrected chi connectivity index (χ1v) is 8.78. The summed E-state index contributed by atoms with van der Waals surface area (Å²) >= 11 is 0. The minimum absolute atomic E-state index is 0.0339. The molecule has 6 heteroatoms. The van der Waals surface area contributed by atoms with Crippen LogP contribution in [0.25, 0.3) is 5.76 Å². The number of Topliss-reactive ketones (excluding diaryl/α,β-unsaturated/α-hetero) is 1. The zero-order chi connectivity index (χ0) is 19.6. The molecule has 1 aliphatic heterocycles. The molecule has 2 aromatic carbocycles. The minimum Gasteiger partial charge on any atom is -0.507 e. The van der Waals surface area contributed by atoms with E-state index in [2.05, 4.69) is 0 Å². The van der Waals surface area contributed by atoms with Crippen molar-refractivity contribution in [2.75, 3.05) is 27.2 Å². The van der Waals surface area contributed by atoms with E-state index in [-0.39, 0.29) is 11.3 Å². The number of amides is 1. The van der Waals surface area contributed by atoms with Crippen molar-refractivity contribution in [3.8, 4) is 0 Å². The van der Waals surface area contributed by atoms with Gasteiger partial charge in [0.25, 0.3) is 11.7 Å². The molecule has 140 valence electrons. The number of nitrogens with zero attached hydrogens (tertiary/aromatic N) is 1. The summed E-state index contributed by atoms with van der Waals surface area (Å²) in [5.41, 5.74) is 1.08. The Labute approximate surface area is 157 Å². The van der Waals surface area contributed by atoms with Crippen LogP contribution in [-0.4, -0.2) is 48.9 Å². The van der Waals surface area contributed by atoms with Gasteiger partial charge in [-0.05, 0) is 29.8 Å². The lowest BCUT2D eigenvalue weighted by molar-refractivity contribution is -0.857. The van der Waals surface area contributed by atoms with Crippen LogP contribution in [0, 0.1) is 5.82 Å². The smallest absolute Gasteiger partial charge is 0.295 e. The molecule has 27 heavy (non-hydrogen) atoms.